The molecule has 7 nitrogen and oxygen atoms in total. The van der Waals surface area contributed by atoms with Gasteiger partial charge in [-0.25, -0.2) is 13.2 Å². The van der Waals surface area contributed by atoms with Gasteiger partial charge in [0.2, 0.25) is 5.91 Å². The number of carbonyl (C=O) groups excluding carboxylic acids is 2. The van der Waals surface area contributed by atoms with E-state index in [9.17, 15) is 18.0 Å². The van der Waals surface area contributed by atoms with Crippen molar-refractivity contribution in [3.63, 3.8) is 0 Å². The maximum absolute atomic E-state index is 12.5. The molecule has 0 spiro atoms. The van der Waals surface area contributed by atoms with Crippen LogP contribution in [0.2, 0.25) is 5.02 Å². The average molecular weight is 383 g/mol. The smallest absolute Gasteiger partial charge is 0.339 e. The maximum atomic E-state index is 12.5. The first kappa shape index (κ1) is 18.8. The molecular weight excluding hydrogens is 368 g/mol. The summed E-state index contributed by atoms with van der Waals surface area (Å²) in [7, 11) is -2.80. The Morgan fingerprint density at radius 2 is 1.76 bits per heavy atom. The molecule has 0 bridgehead atoms. The summed E-state index contributed by atoms with van der Waals surface area (Å²) in [6.07, 6.45) is 0. The molecule has 2 rings (SSSR count). The van der Waals surface area contributed by atoms with Crippen LogP contribution in [0.15, 0.2) is 47.4 Å². The summed E-state index contributed by atoms with van der Waals surface area (Å²) in [5.74, 6) is -1.02. The summed E-state index contributed by atoms with van der Waals surface area (Å²) in [6.45, 7) is 1.35. The van der Waals surface area contributed by atoms with E-state index in [0.29, 0.717) is 5.69 Å². The van der Waals surface area contributed by atoms with Crippen molar-refractivity contribution in [2.75, 3.05) is 17.1 Å². The number of methoxy groups -OCH3 is 1. The fourth-order valence-electron chi connectivity index (χ4n) is 2.02. The lowest BCUT2D eigenvalue weighted by atomic mass is 10.2. The van der Waals surface area contributed by atoms with E-state index in [2.05, 4.69) is 14.8 Å². The Balaban J connectivity index is 2.34. The Morgan fingerprint density at radius 3 is 2.40 bits per heavy atom. The molecule has 132 valence electrons. The number of halogens is 1. The standard InChI is InChI=1S/C16H15ClN2O5S/c1-10(20)18-11-4-3-5-12(8-11)19-25(22,23)13-6-7-15(17)14(9-13)16(21)24-2/h3-9,19H,1-2H3,(H,18,20). The van der Waals surface area contributed by atoms with Gasteiger partial charge >= 0.3 is 5.97 Å². The second-order valence-electron chi connectivity index (χ2n) is 5.00. The van der Waals surface area contributed by atoms with Crippen LogP contribution in [0, 0.1) is 0 Å². The zero-order valence-electron chi connectivity index (χ0n) is 13.4. The van der Waals surface area contributed by atoms with Gasteiger partial charge < -0.3 is 10.1 Å². The molecule has 0 aromatic heterocycles. The third-order valence-electron chi connectivity index (χ3n) is 3.09. The molecule has 0 unspecified atom stereocenters. The highest BCUT2D eigenvalue weighted by molar-refractivity contribution is 7.92. The van der Waals surface area contributed by atoms with Crippen molar-refractivity contribution in [3.05, 3.63) is 53.1 Å². The molecule has 0 aliphatic rings. The molecule has 9 heteroatoms. The van der Waals surface area contributed by atoms with Crippen LogP contribution >= 0.6 is 11.6 Å². The molecule has 0 heterocycles. The number of nitrogens with one attached hydrogen (secondary N) is 2. The molecule has 0 saturated heterocycles. The van der Waals surface area contributed by atoms with Crippen molar-refractivity contribution in [3.8, 4) is 0 Å². The first-order valence-electron chi connectivity index (χ1n) is 7.01. The van der Waals surface area contributed by atoms with Crippen LogP contribution in [-0.2, 0) is 19.6 Å². The van der Waals surface area contributed by atoms with E-state index in [4.69, 9.17) is 11.6 Å². The molecule has 2 aromatic carbocycles. The van der Waals surface area contributed by atoms with Gasteiger partial charge in [-0.1, -0.05) is 17.7 Å². The Labute approximate surface area is 150 Å². The van der Waals surface area contributed by atoms with Gasteiger partial charge in [-0.15, -0.1) is 0 Å². The molecule has 0 fully saturated rings. The summed E-state index contributed by atoms with van der Waals surface area (Å²) in [5, 5.41) is 2.64. The van der Waals surface area contributed by atoms with Gasteiger partial charge in [0.15, 0.2) is 0 Å². The monoisotopic (exact) mass is 382 g/mol. The van der Waals surface area contributed by atoms with Crippen LogP contribution in [-0.4, -0.2) is 27.4 Å². The lowest BCUT2D eigenvalue weighted by Gasteiger charge is -2.11. The zero-order valence-corrected chi connectivity index (χ0v) is 14.9. The molecule has 25 heavy (non-hydrogen) atoms. The number of benzene rings is 2. The summed E-state index contributed by atoms with van der Waals surface area (Å²) < 4.78 is 32.0. The molecule has 0 aliphatic carbocycles. The number of sulfonamides is 1. The molecule has 2 N–H and O–H groups in total. The first-order chi connectivity index (χ1) is 11.7. The van der Waals surface area contributed by atoms with E-state index >= 15 is 0 Å². The van der Waals surface area contributed by atoms with E-state index in [1.54, 1.807) is 12.1 Å². The van der Waals surface area contributed by atoms with Crippen molar-refractivity contribution in [2.45, 2.75) is 11.8 Å². The predicted octanol–water partition coefficient (Wildman–Crippen LogP) is 2.89. The van der Waals surface area contributed by atoms with Crippen molar-refractivity contribution in [1.29, 1.82) is 0 Å². The highest BCUT2D eigenvalue weighted by Gasteiger charge is 2.19. The number of rotatable bonds is 5. The minimum atomic E-state index is -3.97. The highest BCUT2D eigenvalue weighted by Crippen LogP contribution is 2.24. The minimum Gasteiger partial charge on any atom is -0.465 e. The van der Waals surface area contributed by atoms with Crippen LogP contribution in [0.25, 0.3) is 0 Å². The average Bonchev–Trinajstić information content (AvgIpc) is 2.53. The number of anilines is 2. The molecular formula is C16H15ClN2O5S. The number of ether oxygens (including phenoxy) is 1. The molecule has 0 atom stereocenters. The van der Waals surface area contributed by atoms with E-state index in [1.165, 1.54) is 38.3 Å². The van der Waals surface area contributed by atoms with Crippen molar-refractivity contribution >= 4 is 44.9 Å². The van der Waals surface area contributed by atoms with Crippen LogP contribution in [0.5, 0.6) is 0 Å². The highest BCUT2D eigenvalue weighted by atomic mass is 35.5. The van der Waals surface area contributed by atoms with E-state index in [0.717, 1.165) is 6.07 Å². The Bertz CT molecular complexity index is 928. The normalized spacial score (nSPS) is 10.8. The Hall–Kier alpha value is -2.58. The molecule has 2 aromatic rings. The SMILES string of the molecule is COC(=O)c1cc(S(=O)(=O)Nc2cccc(NC(C)=O)c2)ccc1Cl. The van der Waals surface area contributed by atoms with Crippen molar-refractivity contribution in [1.82, 2.24) is 0 Å². The van der Waals surface area contributed by atoms with Gasteiger partial charge in [-0.3, -0.25) is 9.52 Å². The van der Waals surface area contributed by atoms with Crippen LogP contribution in [0.1, 0.15) is 17.3 Å². The van der Waals surface area contributed by atoms with Crippen LogP contribution in [0.4, 0.5) is 11.4 Å². The van der Waals surface area contributed by atoms with Crippen molar-refractivity contribution < 1.29 is 22.7 Å². The Kier molecular flexibility index (Phi) is 5.66. The van der Waals surface area contributed by atoms with Crippen LogP contribution in [0.3, 0.4) is 0 Å². The third-order valence-corrected chi connectivity index (χ3v) is 4.80. The summed E-state index contributed by atoms with van der Waals surface area (Å²) >= 11 is 5.89. The number of esters is 1. The number of amides is 1. The number of carbonyl (C=O) groups is 2. The van der Waals surface area contributed by atoms with E-state index in [-0.39, 0.29) is 27.1 Å². The van der Waals surface area contributed by atoms with Gasteiger partial charge in [0.05, 0.1) is 28.3 Å². The predicted molar refractivity (Wildman–Crippen MR) is 94.3 cm³/mol. The van der Waals surface area contributed by atoms with E-state index in [1.807, 2.05) is 0 Å². The maximum Gasteiger partial charge on any atom is 0.339 e. The fraction of sp³-hybridized carbons (Fsp3) is 0.125. The van der Waals surface area contributed by atoms with Gasteiger partial charge in [0.25, 0.3) is 10.0 Å². The fourth-order valence-corrected chi connectivity index (χ4v) is 3.29. The molecule has 0 aliphatic heterocycles. The third kappa shape index (κ3) is 4.71. The van der Waals surface area contributed by atoms with E-state index < -0.39 is 16.0 Å². The molecule has 0 saturated carbocycles. The van der Waals surface area contributed by atoms with Crippen LogP contribution < -0.4 is 10.0 Å². The largest absolute Gasteiger partial charge is 0.465 e. The second-order valence-corrected chi connectivity index (χ2v) is 7.09. The summed E-state index contributed by atoms with van der Waals surface area (Å²) in [4.78, 5) is 22.6. The van der Waals surface area contributed by atoms with Gasteiger partial charge in [-0.05, 0) is 36.4 Å². The lowest BCUT2D eigenvalue weighted by molar-refractivity contribution is -0.114. The quantitative estimate of drug-likeness (QED) is 0.774. The summed E-state index contributed by atoms with van der Waals surface area (Å²) in [5.41, 5.74) is 0.638. The lowest BCUT2D eigenvalue weighted by Crippen LogP contribution is -2.14. The second kappa shape index (κ2) is 7.54. The molecule has 0 radical (unpaired) electrons. The Morgan fingerprint density at radius 1 is 1.08 bits per heavy atom. The van der Waals surface area contributed by atoms with Gasteiger partial charge in [-0.2, -0.15) is 0 Å². The number of hydrogen-bond acceptors (Lipinski definition) is 5. The van der Waals surface area contributed by atoms with Gasteiger partial charge in [0, 0.05) is 12.6 Å². The topological polar surface area (TPSA) is 102 Å². The summed E-state index contributed by atoms with van der Waals surface area (Å²) in [6, 6.07) is 9.91. The minimum absolute atomic E-state index is 0.0564. The van der Waals surface area contributed by atoms with Gasteiger partial charge in [0.1, 0.15) is 0 Å². The molecule has 1 amide bonds. The first-order valence-corrected chi connectivity index (χ1v) is 8.87. The van der Waals surface area contributed by atoms with Crippen molar-refractivity contribution in [2.24, 2.45) is 0 Å². The number of hydrogen-bond donors (Lipinski definition) is 2. The zero-order chi connectivity index (χ0) is 18.6.